The highest BCUT2D eigenvalue weighted by Gasteiger charge is 2.33. The number of para-hydroxylation sites is 1. The quantitative estimate of drug-likeness (QED) is 0.744. The van der Waals surface area contributed by atoms with Crippen LogP contribution in [0.15, 0.2) is 23.1 Å². The Bertz CT molecular complexity index is 528. The van der Waals surface area contributed by atoms with Crippen LogP contribution in [-0.4, -0.2) is 11.2 Å². The van der Waals surface area contributed by atoms with Crippen LogP contribution in [0.3, 0.4) is 0 Å². The van der Waals surface area contributed by atoms with Crippen LogP contribution < -0.4 is 0 Å². The molecular formula is C11H10F3NS. The fourth-order valence-electron chi connectivity index (χ4n) is 1.82. The molecule has 1 nitrogen and oxygen atoms in total. The lowest BCUT2D eigenvalue weighted by molar-refractivity contribution is -0.136. The van der Waals surface area contributed by atoms with Crippen LogP contribution in [0.5, 0.6) is 0 Å². The van der Waals surface area contributed by atoms with Gasteiger partial charge in [0.25, 0.3) is 0 Å². The summed E-state index contributed by atoms with van der Waals surface area (Å²) in [5, 5.41) is 0.639. The predicted octanol–water partition coefficient (Wildman–Crippen LogP) is 4.22. The van der Waals surface area contributed by atoms with E-state index in [9.17, 15) is 13.2 Å². The van der Waals surface area contributed by atoms with E-state index in [0.29, 0.717) is 5.39 Å². The molecule has 2 aromatic rings. The maximum absolute atomic E-state index is 12.7. The Morgan fingerprint density at radius 1 is 1.25 bits per heavy atom. The number of hydrogen-bond donors (Lipinski definition) is 1. The zero-order valence-corrected chi connectivity index (χ0v) is 9.59. The van der Waals surface area contributed by atoms with Gasteiger partial charge in [0.1, 0.15) is 0 Å². The smallest absolute Gasteiger partial charge is 0.357 e. The molecule has 0 aliphatic rings. The highest BCUT2D eigenvalue weighted by atomic mass is 32.2. The lowest BCUT2D eigenvalue weighted by Crippen LogP contribution is -2.05. The van der Waals surface area contributed by atoms with Crippen LogP contribution in [0.25, 0.3) is 10.9 Å². The van der Waals surface area contributed by atoms with E-state index < -0.39 is 11.7 Å². The Hall–Kier alpha value is -1.10. The normalized spacial score (nSPS) is 12.3. The lowest BCUT2D eigenvalue weighted by Gasteiger charge is -2.07. The number of aryl methyl sites for hydroxylation is 1. The monoisotopic (exact) mass is 245 g/mol. The van der Waals surface area contributed by atoms with E-state index in [4.69, 9.17) is 0 Å². The predicted molar refractivity (Wildman–Crippen MR) is 59.8 cm³/mol. The third-order valence-corrected chi connectivity index (χ3v) is 3.41. The fourth-order valence-corrected chi connectivity index (χ4v) is 2.57. The molecule has 1 aromatic heterocycles. The van der Waals surface area contributed by atoms with E-state index in [1.807, 2.05) is 6.26 Å². The number of fused-ring (bicyclic) bond motifs is 1. The second kappa shape index (κ2) is 3.73. The molecule has 0 atom stereocenters. The molecule has 0 saturated carbocycles. The minimum Gasteiger partial charge on any atom is -0.357 e. The van der Waals surface area contributed by atoms with Gasteiger partial charge >= 0.3 is 6.18 Å². The fraction of sp³-hybridized carbons (Fsp3) is 0.273. The van der Waals surface area contributed by atoms with E-state index >= 15 is 0 Å². The van der Waals surface area contributed by atoms with Gasteiger partial charge in [0.15, 0.2) is 0 Å². The molecule has 0 amide bonds. The average molecular weight is 245 g/mol. The number of hydrogen-bond acceptors (Lipinski definition) is 1. The van der Waals surface area contributed by atoms with Crippen LogP contribution in [0.2, 0.25) is 0 Å². The van der Waals surface area contributed by atoms with Crippen molar-refractivity contribution in [2.45, 2.75) is 18.0 Å². The minimum atomic E-state index is -4.31. The molecule has 1 aromatic carbocycles. The number of alkyl halides is 3. The van der Waals surface area contributed by atoms with E-state index in [1.54, 1.807) is 13.0 Å². The SMILES string of the molecule is CSc1c(C)[nH]c2c(C(F)(F)F)cccc12. The zero-order chi connectivity index (χ0) is 11.9. The van der Waals surface area contributed by atoms with E-state index in [2.05, 4.69) is 4.98 Å². The molecule has 86 valence electrons. The Morgan fingerprint density at radius 3 is 2.50 bits per heavy atom. The largest absolute Gasteiger partial charge is 0.418 e. The maximum atomic E-state index is 12.7. The van der Waals surface area contributed by atoms with Gasteiger partial charge in [-0.05, 0) is 19.2 Å². The summed E-state index contributed by atoms with van der Waals surface area (Å²) >= 11 is 1.45. The lowest BCUT2D eigenvalue weighted by atomic mass is 10.1. The summed E-state index contributed by atoms with van der Waals surface area (Å²) < 4.78 is 38.2. The number of aromatic amines is 1. The average Bonchev–Trinajstić information content (AvgIpc) is 2.50. The Morgan fingerprint density at radius 2 is 1.94 bits per heavy atom. The van der Waals surface area contributed by atoms with Crippen LogP contribution in [0.4, 0.5) is 13.2 Å². The highest BCUT2D eigenvalue weighted by molar-refractivity contribution is 7.98. The van der Waals surface area contributed by atoms with Gasteiger partial charge in [-0.2, -0.15) is 13.2 Å². The molecule has 0 radical (unpaired) electrons. The van der Waals surface area contributed by atoms with Crippen molar-refractivity contribution in [2.75, 3.05) is 6.26 Å². The zero-order valence-electron chi connectivity index (χ0n) is 8.77. The van der Waals surface area contributed by atoms with Crippen molar-refractivity contribution in [1.29, 1.82) is 0 Å². The summed E-state index contributed by atoms with van der Waals surface area (Å²) in [5.41, 5.74) is 0.351. The van der Waals surface area contributed by atoms with Crippen molar-refractivity contribution in [2.24, 2.45) is 0 Å². The van der Waals surface area contributed by atoms with Crippen molar-refractivity contribution in [3.63, 3.8) is 0 Å². The number of rotatable bonds is 1. The van der Waals surface area contributed by atoms with Crippen molar-refractivity contribution in [3.8, 4) is 0 Å². The first-order valence-electron chi connectivity index (χ1n) is 4.67. The summed E-state index contributed by atoms with van der Waals surface area (Å²) in [6.45, 7) is 1.78. The summed E-state index contributed by atoms with van der Waals surface area (Å²) in [5.74, 6) is 0. The first kappa shape index (κ1) is 11.4. The van der Waals surface area contributed by atoms with Gasteiger partial charge in [0, 0.05) is 16.0 Å². The number of H-pyrrole nitrogens is 1. The van der Waals surface area contributed by atoms with Gasteiger partial charge in [0.05, 0.1) is 11.1 Å². The number of thioether (sulfide) groups is 1. The Balaban J connectivity index is 2.80. The molecule has 0 saturated heterocycles. The van der Waals surface area contributed by atoms with Gasteiger partial charge in [-0.15, -0.1) is 11.8 Å². The van der Waals surface area contributed by atoms with Crippen LogP contribution >= 0.6 is 11.8 Å². The van der Waals surface area contributed by atoms with Crippen molar-refractivity contribution < 1.29 is 13.2 Å². The molecule has 16 heavy (non-hydrogen) atoms. The molecule has 0 spiro atoms. The van der Waals surface area contributed by atoms with Gasteiger partial charge in [-0.25, -0.2) is 0 Å². The number of benzene rings is 1. The second-order valence-corrected chi connectivity index (χ2v) is 4.33. The second-order valence-electron chi connectivity index (χ2n) is 3.51. The van der Waals surface area contributed by atoms with Crippen molar-refractivity contribution in [1.82, 2.24) is 4.98 Å². The minimum absolute atomic E-state index is 0.178. The van der Waals surface area contributed by atoms with Gasteiger partial charge < -0.3 is 4.98 Å². The van der Waals surface area contributed by atoms with Crippen molar-refractivity contribution >= 4 is 22.7 Å². The molecule has 2 rings (SSSR count). The molecule has 0 bridgehead atoms. The molecule has 5 heteroatoms. The number of halogens is 3. The molecule has 0 aliphatic heterocycles. The maximum Gasteiger partial charge on any atom is 0.418 e. The topological polar surface area (TPSA) is 15.8 Å². The van der Waals surface area contributed by atoms with Crippen LogP contribution in [-0.2, 0) is 6.18 Å². The number of nitrogens with one attached hydrogen (secondary N) is 1. The first-order chi connectivity index (χ1) is 7.45. The molecule has 0 aliphatic carbocycles. The number of aromatic nitrogens is 1. The highest BCUT2D eigenvalue weighted by Crippen LogP contribution is 2.38. The Kier molecular flexibility index (Phi) is 2.66. The summed E-state index contributed by atoms with van der Waals surface area (Å²) in [7, 11) is 0. The molecule has 1 heterocycles. The van der Waals surface area contributed by atoms with Crippen LogP contribution in [0, 0.1) is 6.92 Å². The Labute approximate surface area is 95.0 Å². The summed E-state index contributed by atoms with van der Waals surface area (Å²) in [6.07, 6.45) is -2.46. The molecular weight excluding hydrogens is 235 g/mol. The standard InChI is InChI=1S/C11H10F3NS/c1-6-10(16-2)7-4-3-5-8(9(7)15-6)11(12,13)14/h3-5,15H,1-2H3. The summed E-state index contributed by atoms with van der Waals surface area (Å²) in [6, 6.07) is 4.25. The molecule has 0 unspecified atom stereocenters. The summed E-state index contributed by atoms with van der Waals surface area (Å²) in [4.78, 5) is 3.69. The van der Waals surface area contributed by atoms with Gasteiger partial charge in [-0.3, -0.25) is 0 Å². The van der Waals surface area contributed by atoms with Gasteiger partial charge in [0.2, 0.25) is 0 Å². The van der Waals surface area contributed by atoms with E-state index in [0.717, 1.165) is 16.7 Å². The third kappa shape index (κ3) is 1.69. The van der Waals surface area contributed by atoms with Crippen LogP contribution in [0.1, 0.15) is 11.3 Å². The van der Waals surface area contributed by atoms with Crippen molar-refractivity contribution in [3.05, 3.63) is 29.5 Å². The van der Waals surface area contributed by atoms with E-state index in [1.165, 1.54) is 17.8 Å². The van der Waals surface area contributed by atoms with E-state index in [-0.39, 0.29) is 5.52 Å². The van der Waals surface area contributed by atoms with Gasteiger partial charge in [-0.1, -0.05) is 12.1 Å². The first-order valence-corrected chi connectivity index (χ1v) is 5.90. The molecule has 0 fully saturated rings. The molecule has 1 N–H and O–H groups in total. The third-order valence-electron chi connectivity index (χ3n) is 2.47.